The second-order valence-corrected chi connectivity index (χ2v) is 7.17. The summed E-state index contributed by atoms with van der Waals surface area (Å²) in [6.07, 6.45) is 0. The molecule has 0 aliphatic heterocycles. The lowest BCUT2D eigenvalue weighted by atomic mass is 9.60. The van der Waals surface area contributed by atoms with Gasteiger partial charge in [-0.2, -0.15) is 0 Å². The number of fused-ring (bicyclic) bond motifs is 4. The molecule has 0 radical (unpaired) electrons. The molecule has 0 aromatic heterocycles. The summed E-state index contributed by atoms with van der Waals surface area (Å²) in [5.74, 6) is -10.0. The van der Waals surface area contributed by atoms with Crippen molar-refractivity contribution in [3.63, 3.8) is 0 Å². The SMILES string of the molecule is COC(=O)C1=C(O)C(C(=O)OC)C2/C(=[N+](\[O-])O)c3c(cc([N+](=O)[O-])cc3[N+](=O)[O-])C1C2[N+](=O)[O-]. The zero-order chi connectivity index (χ0) is 25.6. The van der Waals surface area contributed by atoms with E-state index in [0.717, 1.165) is 14.2 Å². The molecule has 17 heteroatoms. The number of benzene rings is 1. The second-order valence-electron chi connectivity index (χ2n) is 7.17. The first-order valence-electron chi connectivity index (χ1n) is 9.11. The van der Waals surface area contributed by atoms with Gasteiger partial charge in [-0.05, 0) is 5.56 Å². The Kier molecular flexibility index (Phi) is 5.79. The highest BCUT2D eigenvalue weighted by Crippen LogP contribution is 2.53. The molecule has 17 nitrogen and oxygen atoms in total. The van der Waals surface area contributed by atoms with Gasteiger partial charge in [-0.1, -0.05) is 0 Å². The number of carbonyl (C=O) groups excluding carboxylic acids is 2. The number of aliphatic hydroxyl groups is 1. The van der Waals surface area contributed by atoms with E-state index in [1.807, 2.05) is 0 Å². The molecule has 4 atom stereocenters. The monoisotopic (exact) mass is 482 g/mol. The van der Waals surface area contributed by atoms with Crippen LogP contribution in [0.3, 0.4) is 0 Å². The highest BCUT2D eigenvalue weighted by molar-refractivity contribution is 6.10. The quantitative estimate of drug-likeness (QED) is 0.189. The third-order valence-electron chi connectivity index (χ3n) is 5.71. The Morgan fingerprint density at radius 2 is 1.62 bits per heavy atom. The van der Waals surface area contributed by atoms with Crippen molar-refractivity contribution in [3.05, 3.63) is 70.1 Å². The van der Waals surface area contributed by atoms with Crippen molar-refractivity contribution in [2.24, 2.45) is 11.8 Å². The first kappa shape index (κ1) is 23.8. The average molecular weight is 482 g/mol. The van der Waals surface area contributed by atoms with Crippen LogP contribution in [0.1, 0.15) is 17.0 Å². The van der Waals surface area contributed by atoms with E-state index in [-0.39, 0.29) is 0 Å². The van der Waals surface area contributed by atoms with Crippen molar-refractivity contribution in [2.75, 3.05) is 14.2 Å². The van der Waals surface area contributed by atoms with Crippen LogP contribution in [0.2, 0.25) is 0 Å². The zero-order valence-corrected chi connectivity index (χ0v) is 17.1. The van der Waals surface area contributed by atoms with E-state index < -0.39 is 95.0 Å². The number of nitrogens with zero attached hydrogens (tertiary/aromatic N) is 4. The number of ether oxygens (including phenoxy) is 2. The molecule has 180 valence electrons. The largest absolute Gasteiger partial charge is 0.511 e. The number of rotatable bonds is 5. The molecule has 0 saturated carbocycles. The molecule has 3 rings (SSSR count). The number of aliphatic hydroxyl groups excluding tert-OH is 1. The van der Waals surface area contributed by atoms with Gasteiger partial charge in [-0.3, -0.25) is 40.3 Å². The summed E-state index contributed by atoms with van der Waals surface area (Å²) in [7, 11) is 1.67. The minimum absolute atomic E-state index is 0.444. The summed E-state index contributed by atoms with van der Waals surface area (Å²) in [6, 6.07) is -1.10. The highest BCUT2D eigenvalue weighted by atomic mass is 16.8. The standard InChI is InChI=1S/C17H14N4O13/c1-33-16(23)11-9-6-3-5(18(25)26)4-7(19(27)28)8(6)13(20(29)30)10(14(9)21(31)32)12(15(11)22)17(24)34-2/h3-4,9-10,12,14,22H,1-2H3,(H,29,30). The lowest BCUT2D eigenvalue weighted by Crippen LogP contribution is -2.56. The Labute approximate surface area is 187 Å². The molecular weight excluding hydrogens is 468 g/mol. The maximum atomic E-state index is 12.6. The van der Waals surface area contributed by atoms with Crippen molar-refractivity contribution >= 4 is 29.0 Å². The van der Waals surface area contributed by atoms with Crippen LogP contribution in [-0.4, -0.2) is 67.9 Å². The van der Waals surface area contributed by atoms with Gasteiger partial charge in [-0.25, -0.2) is 4.79 Å². The second kappa shape index (κ2) is 8.26. The van der Waals surface area contributed by atoms with E-state index in [2.05, 4.69) is 9.47 Å². The van der Waals surface area contributed by atoms with Crippen LogP contribution in [0.25, 0.3) is 0 Å². The minimum Gasteiger partial charge on any atom is -0.511 e. The predicted molar refractivity (Wildman–Crippen MR) is 103 cm³/mol. The maximum Gasteiger partial charge on any atom is 0.338 e. The summed E-state index contributed by atoms with van der Waals surface area (Å²) >= 11 is 0. The van der Waals surface area contributed by atoms with E-state index in [1.54, 1.807) is 0 Å². The molecule has 0 spiro atoms. The molecule has 0 saturated heterocycles. The first-order chi connectivity index (χ1) is 15.9. The first-order valence-corrected chi connectivity index (χ1v) is 9.11. The van der Waals surface area contributed by atoms with Gasteiger partial charge in [0.25, 0.3) is 17.1 Å². The average Bonchev–Trinajstić information content (AvgIpc) is 2.76. The molecule has 0 fully saturated rings. The summed E-state index contributed by atoms with van der Waals surface area (Å²) in [5.41, 5.74) is -5.47. The number of hydrogen-bond acceptors (Lipinski definition) is 13. The van der Waals surface area contributed by atoms with Crippen LogP contribution in [0.15, 0.2) is 23.5 Å². The number of carbonyl (C=O) groups is 2. The smallest absolute Gasteiger partial charge is 0.338 e. The van der Waals surface area contributed by atoms with Crippen molar-refractivity contribution in [3.8, 4) is 0 Å². The van der Waals surface area contributed by atoms with Crippen molar-refractivity contribution in [1.82, 2.24) is 0 Å². The maximum absolute atomic E-state index is 12.6. The fourth-order valence-electron chi connectivity index (χ4n) is 4.51. The summed E-state index contributed by atoms with van der Waals surface area (Å²) in [4.78, 5) is 56.1. The van der Waals surface area contributed by atoms with Crippen LogP contribution in [0.4, 0.5) is 11.4 Å². The summed E-state index contributed by atoms with van der Waals surface area (Å²) < 4.78 is 9.10. The minimum atomic E-state index is -2.18. The highest BCUT2D eigenvalue weighted by Gasteiger charge is 2.66. The zero-order valence-electron chi connectivity index (χ0n) is 17.1. The van der Waals surface area contributed by atoms with Gasteiger partial charge < -0.3 is 19.8 Å². The Balaban J connectivity index is 2.63. The third-order valence-corrected chi connectivity index (χ3v) is 5.71. The van der Waals surface area contributed by atoms with E-state index in [0.29, 0.717) is 12.1 Å². The van der Waals surface area contributed by atoms with Gasteiger partial charge in [-0.15, -0.1) is 0 Å². The molecule has 1 aromatic carbocycles. The normalized spacial score (nSPS) is 24.5. The molecule has 1 aromatic rings. The number of esters is 2. The van der Waals surface area contributed by atoms with Crippen molar-refractivity contribution in [2.45, 2.75) is 12.0 Å². The van der Waals surface area contributed by atoms with Crippen LogP contribution in [0.5, 0.6) is 0 Å². The van der Waals surface area contributed by atoms with Crippen LogP contribution in [-0.2, 0) is 19.1 Å². The van der Waals surface area contributed by atoms with Gasteiger partial charge in [0.2, 0.25) is 6.04 Å². The Morgan fingerprint density at radius 1 is 1.00 bits per heavy atom. The fourth-order valence-corrected chi connectivity index (χ4v) is 4.51. The summed E-state index contributed by atoms with van der Waals surface area (Å²) in [5, 5.41) is 68.0. The molecule has 0 heterocycles. The lowest BCUT2D eigenvalue weighted by Gasteiger charge is -2.39. The van der Waals surface area contributed by atoms with E-state index in [1.165, 1.54) is 0 Å². The van der Waals surface area contributed by atoms with Crippen molar-refractivity contribution < 1.29 is 49.0 Å². The van der Waals surface area contributed by atoms with Crippen LogP contribution in [0, 0.1) is 47.4 Å². The van der Waals surface area contributed by atoms with Gasteiger partial charge in [0.15, 0.2) is 0 Å². The van der Waals surface area contributed by atoms with E-state index in [4.69, 9.17) is 0 Å². The summed E-state index contributed by atoms with van der Waals surface area (Å²) in [6.45, 7) is 0. The number of non-ortho nitro benzene ring substituents is 1. The van der Waals surface area contributed by atoms with E-state index in [9.17, 15) is 55.5 Å². The van der Waals surface area contributed by atoms with Gasteiger partial charge in [0.05, 0.1) is 41.6 Å². The number of methoxy groups -OCH3 is 2. The Hall–Kier alpha value is -4.83. The molecule has 34 heavy (non-hydrogen) atoms. The van der Waals surface area contributed by atoms with Gasteiger partial charge in [0.1, 0.15) is 23.2 Å². The van der Waals surface area contributed by atoms with Crippen LogP contribution >= 0.6 is 0 Å². The molecule has 2 aliphatic carbocycles. The lowest BCUT2D eigenvalue weighted by molar-refractivity contribution is -0.728. The Bertz CT molecular complexity index is 1220. The molecule has 0 amide bonds. The third kappa shape index (κ3) is 3.29. The molecular formula is C17H14N4O13. The van der Waals surface area contributed by atoms with Gasteiger partial charge in [0, 0.05) is 15.9 Å². The fraction of sp³-hybridized carbons (Fsp3) is 0.353. The molecule has 2 N–H and O–H groups in total. The number of nitro groups is 3. The van der Waals surface area contributed by atoms with Crippen LogP contribution < -0.4 is 0 Å². The van der Waals surface area contributed by atoms with E-state index >= 15 is 0 Å². The molecule has 2 bridgehead atoms. The predicted octanol–water partition coefficient (Wildman–Crippen LogP) is 0.338. The van der Waals surface area contributed by atoms with Crippen molar-refractivity contribution in [1.29, 1.82) is 0 Å². The topological polar surface area (TPSA) is 249 Å². The Morgan fingerprint density at radius 3 is 2.06 bits per heavy atom. The van der Waals surface area contributed by atoms with Gasteiger partial charge >= 0.3 is 11.9 Å². The molecule has 4 unspecified atom stereocenters. The number of nitro benzene ring substituents is 2. The number of hydrogen-bond donors (Lipinski definition) is 2. The molecule has 2 aliphatic rings.